The fraction of sp³-hybridized carbons (Fsp3) is 0.273. The molecule has 0 unspecified atom stereocenters. The molecule has 0 heterocycles. The number of anilines is 1. The summed E-state index contributed by atoms with van der Waals surface area (Å²) >= 11 is 0. The number of benzene rings is 1. The maximum absolute atomic E-state index is 11.1. The molecule has 0 aliphatic rings. The topological polar surface area (TPSA) is 57.6 Å². The second-order valence-electron chi connectivity index (χ2n) is 3.44. The highest BCUT2D eigenvalue weighted by atomic mass is 16.4. The second kappa shape index (κ2) is 4.13. The Hall–Kier alpha value is -1.84. The normalized spacial score (nSPS) is 9.80. The highest BCUT2D eigenvalue weighted by Crippen LogP contribution is 2.18. The van der Waals surface area contributed by atoms with E-state index in [1.165, 1.54) is 17.9 Å². The van der Waals surface area contributed by atoms with Crippen molar-refractivity contribution in [3.63, 3.8) is 0 Å². The van der Waals surface area contributed by atoms with Crippen molar-refractivity contribution in [3.05, 3.63) is 29.3 Å². The standard InChI is InChI=1S/C11H13NO3/c1-7-4-9(11(14)15)6-10(5-7)12(3)8(2)13/h4-6H,1-3H3,(H,14,15). The van der Waals surface area contributed by atoms with E-state index in [1.54, 1.807) is 26.1 Å². The number of hydrogen-bond acceptors (Lipinski definition) is 2. The van der Waals surface area contributed by atoms with Crippen LogP contribution in [0.2, 0.25) is 0 Å². The van der Waals surface area contributed by atoms with E-state index in [0.717, 1.165) is 5.56 Å². The third-order valence-electron chi connectivity index (χ3n) is 2.17. The molecule has 80 valence electrons. The van der Waals surface area contributed by atoms with Crippen molar-refractivity contribution in [2.45, 2.75) is 13.8 Å². The Morgan fingerprint density at radius 3 is 2.33 bits per heavy atom. The number of aryl methyl sites for hydroxylation is 1. The van der Waals surface area contributed by atoms with Gasteiger partial charge in [0, 0.05) is 19.7 Å². The second-order valence-corrected chi connectivity index (χ2v) is 3.44. The van der Waals surface area contributed by atoms with E-state index in [9.17, 15) is 9.59 Å². The molecule has 0 bridgehead atoms. The van der Waals surface area contributed by atoms with Crippen LogP contribution in [0.5, 0.6) is 0 Å². The summed E-state index contributed by atoms with van der Waals surface area (Å²) in [5.41, 5.74) is 1.61. The molecule has 0 aromatic heterocycles. The Morgan fingerprint density at radius 1 is 1.27 bits per heavy atom. The van der Waals surface area contributed by atoms with Gasteiger partial charge < -0.3 is 10.0 Å². The molecule has 1 N–H and O–H groups in total. The summed E-state index contributed by atoms with van der Waals surface area (Å²) in [5.74, 6) is -1.12. The highest BCUT2D eigenvalue weighted by molar-refractivity contribution is 5.94. The molecule has 15 heavy (non-hydrogen) atoms. The Kier molecular flexibility index (Phi) is 3.09. The van der Waals surface area contributed by atoms with Gasteiger partial charge in [-0.15, -0.1) is 0 Å². The fourth-order valence-electron chi connectivity index (χ4n) is 1.26. The van der Waals surface area contributed by atoms with Crippen LogP contribution in [0.15, 0.2) is 18.2 Å². The molecule has 1 rings (SSSR count). The van der Waals surface area contributed by atoms with Crippen LogP contribution < -0.4 is 4.90 Å². The van der Waals surface area contributed by atoms with Gasteiger partial charge in [0.25, 0.3) is 0 Å². The maximum Gasteiger partial charge on any atom is 0.335 e. The van der Waals surface area contributed by atoms with Crippen LogP contribution in [0.4, 0.5) is 5.69 Å². The van der Waals surface area contributed by atoms with Gasteiger partial charge in [-0.3, -0.25) is 4.79 Å². The summed E-state index contributed by atoms with van der Waals surface area (Å²) in [6.45, 7) is 3.23. The first-order chi connectivity index (χ1) is 6.91. The smallest absolute Gasteiger partial charge is 0.335 e. The monoisotopic (exact) mass is 207 g/mol. The summed E-state index contributed by atoms with van der Waals surface area (Å²) in [5, 5.41) is 8.85. The van der Waals surface area contributed by atoms with Gasteiger partial charge in [0.05, 0.1) is 5.56 Å². The van der Waals surface area contributed by atoms with Crippen molar-refractivity contribution in [2.75, 3.05) is 11.9 Å². The first-order valence-electron chi connectivity index (χ1n) is 4.51. The summed E-state index contributed by atoms with van der Waals surface area (Å²) in [4.78, 5) is 23.3. The molecule has 1 amide bonds. The molecule has 1 aromatic carbocycles. The minimum Gasteiger partial charge on any atom is -0.478 e. The van der Waals surface area contributed by atoms with E-state index in [-0.39, 0.29) is 11.5 Å². The Bertz CT molecular complexity index is 412. The molecule has 4 nitrogen and oxygen atoms in total. The van der Waals surface area contributed by atoms with Crippen molar-refractivity contribution in [1.82, 2.24) is 0 Å². The van der Waals surface area contributed by atoms with E-state index >= 15 is 0 Å². The number of hydrogen-bond donors (Lipinski definition) is 1. The predicted molar refractivity (Wildman–Crippen MR) is 57.2 cm³/mol. The number of carboxylic acid groups (broad SMARTS) is 1. The first kappa shape index (κ1) is 11.2. The highest BCUT2D eigenvalue weighted by Gasteiger charge is 2.10. The van der Waals surface area contributed by atoms with Crippen LogP contribution in [0.25, 0.3) is 0 Å². The molecule has 0 saturated heterocycles. The molecule has 0 atom stereocenters. The van der Waals surface area contributed by atoms with E-state index in [2.05, 4.69) is 0 Å². The maximum atomic E-state index is 11.1. The lowest BCUT2D eigenvalue weighted by Crippen LogP contribution is -2.23. The zero-order valence-electron chi connectivity index (χ0n) is 8.94. The van der Waals surface area contributed by atoms with E-state index in [0.29, 0.717) is 5.69 Å². The summed E-state index contributed by atoms with van der Waals surface area (Å²) in [6.07, 6.45) is 0. The molecular weight excluding hydrogens is 194 g/mol. The van der Waals surface area contributed by atoms with Crippen LogP contribution in [-0.2, 0) is 4.79 Å². The van der Waals surface area contributed by atoms with E-state index < -0.39 is 5.97 Å². The van der Waals surface area contributed by atoms with Crippen molar-refractivity contribution in [1.29, 1.82) is 0 Å². The minimum atomic E-state index is -0.989. The lowest BCUT2D eigenvalue weighted by atomic mass is 10.1. The minimum absolute atomic E-state index is 0.128. The van der Waals surface area contributed by atoms with Crippen LogP contribution in [-0.4, -0.2) is 24.0 Å². The molecule has 0 aliphatic heterocycles. The summed E-state index contributed by atoms with van der Waals surface area (Å²) in [6, 6.07) is 4.82. The average Bonchev–Trinajstić information content (AvgIpc) is 2.15. The van der Waals surface area contributed by atoms with Gasteiger partial charge in [0.1, 0.15) is 0 Å². The van der Waals surface area contributed by atoms with E-state index in [4.69, 9.17) is 5.11 Å². The van der Waals surface area contributed by atoms with Gasteiger partial charge in [-0.2, -0.15) is 0 Å². The van der Waals surface area contributed by atoms with Crippen molar-refractivity contribution in [3.8, 4) is 0 Å². The van der Waals surface area contributed by atoms with Crippen LogP contribution in [0.1, 0.15) is 22.8 Å². The van der Waals surface area contributed by atoms with Crippen molar-refractivity contribution >= 4 is 17.6 Å². The van der Waals surface area contributed by atoms with Gasteiger partial charge in [-0.25, -0.2) is 4.79 Å². The summed E-state index contributed by atoms with van der Waals surface area (Å²) < 4.78 is 0. The molecule has 1 aromatic rings. The quantitative estimate of drug-likeness (QED) is 0.802. The van der Waals surface area contributed by atoms with E-state index in [1.807, 2.05) is 0 Å². The number of amides is 1. The SMILES string of the molecule is CC(=O)N(C)c1cc(C)cc(C(=O)O)c1. The molecule has 0 aliphatic carbocycles. The largest absolute Gasteiger partial charge is 0.478 e. The lowest BCUT2D eigenvalue weighted by Gasteiger charge is -2.16. The van der Waals surface area contributed by atoms with Crippen LogP contribution in [0.3, 0.4) is 0 Å². The molecule has 4 heteroatoms. The van der Waals surface area contributed by atoms with Gasteiger partial charge in [-0.1, -0.05) is 0 Å². The lowest BCUT2D eigenvalue weighted by molar-refractivity contribution is -0.116. The molecule has 0 radical (unpaired) electrons. The Balaban J connectivity index is 3.20. The zero-order valence-corrected chi connectivity index (χ0v) is 8.94. The molecular formula is C11H13NO3. The number of carboxylic acids is 1. The number of rotatable bonds is 2. The number of carbonyl (C=O) groups excluding carboxylic acids is 1. The third-order valence-corrected chi connectivity index (χ3v) is 2.17. The van der Waals surface area contributed by atoms with Gasteiger partial charge in [-0.05, 0) is 30.7 Å². The number of carbonyl (C=O) groups is 2. The fourth-order valence-corrected chi connectivity index (χ4v) is 1.26. The predicted octanol–water partition coefficient (Wildman–Crippen LogP) is 1.68. The number of nitrogens with zero attached hydrogens (tertiary/aromatic N) is 1. The molecule has 0 saturated carbocycles. The molecule has 0 spiro atoms. The third kappa shape index (κ3) is 2.56. The number of aromatic carboxylic acids is 1. The first-order valence-corrected chi connectivity index (χ1v) is 4.51. The van der Waals surface area contributed by atoms with Crippen LogP contribution in [0, 0.1) is 6.92 Å². The van der Waals surface area contributed by atoms with Crippen molar-refractivity contribution in [2.24, 2.45) is 0 Å². The average molecular weight is 207 g/mol. The Morgan fingerprint density at radius 2 is 1.87 bits per heavy atom. The van der Waals surface area contributed by atoms with Crippen LogP contribution >= 0.6 is 0 Å². The zero-order chi connectivity index (χ0) is 11.6. The Labute approximate surface area is 88.1 Å². The van der Waals surface area contributed by atoms with Gasteiger partial charge >= 0.3 is 5.97 Å². The van der Waals surface area contributed by atoms with Crippen molar-refractivity contribution < 1.29 is 14.7 Å². The summed E-state index contributed by atoms with van der Waals surface area (Å²) in [7, 11) is 1.61. The van der Waals surface area contributed by atoms with Gasteiger partial charge in [0.2, 0.25) is 5.91 Å². The van der Waals surface area contributed by atoms with Gasteiger partial charge in [0.15, 0.2) is 0 Å². The molecule has 0 fully saturated rings.